The van der Waals surface area contributed by atoms with Crippen LogP contribution in [0.2, 0.25) is 0 Å². The van der Waals surface area contributed by atoms with Crippen LogP contribution in [-0.2, 0) is 0 Å². The Kier molecular flexibility index (Phi) is 4.01. The fourth-order valence-electron chi connectivity index (χ4n) is 1.13. The molecule has 7 nitrogen and oxygen atoms in total. The van der Waals surface area contributed by atoms with Gasteiger partial charge in [0.15, 0.2) is 0 Å². The van der Waals surface area contributed by atoms with Gasteiger partial charge in [-0.3, -0.25) is 10.1 Å². The second-order valence-electron chi connectivity index (χ2n) is 3.42. The Labute approximate surface area is 92.4 Å². The normalized spacial score (nSPS) is 12.1. The number of hydrogen-bond donors (Lipinski definition) is 3. The maximum atomic E-state index is 10.5. The highest BCUT2D eigenvalue weighted by molar-refractivity contribution is 5.57. The lowest BCUT2D eigenvalue weighted by Gasteiger charge is -2.07. The van der Waals surface area contributed by atoms with Crippen LogP contribution in [0.3, 0.4) is 0 Å². The smallest absolute Gasteiger partial charge is 0.311 e. The number of anilines is 2. The summed E-state index contributed by atoms with van der Waals surface area (Å²) in [6.45, 7) is 2.21. The van der Waals surface area contributed by atoms with Crippen LogP contribution in [-0.4, -0.2) is 27.7 Å². The molecule has 4 N–H and O–H groups in total. The minimum atomic E-state index is -0.581. The average Bonchev–Trinajstić information content (AvgIpc) is 2.16. The van der Waals surface area contributed by atoms with Crippen molar-refractivity contribution >= 4 is 17.3 Å². The summed E-state index contributed by atoms with van der Waals surface area (Å²) in [7, 11) is 0. The van der Waals surface area contributed by atoms with Gasteiger partial charge in [-0.2, -0.15) is 0 Å². The third kappa shape index (κ3) is 3.35. The Morgan fingerprint density at radius 1 is 1.69 bits per heavy atom. The first-order chi connectivity index (χ1) is 7.50. The molecule has 0 radical (unpaired) electrons. The molecular weight excluding hydrogens is 212 g/mol. The van der Waals surface area contributed by atoms with Crippen LogP contribution in [0, 0.1) is 10.1 Å². The number of nitrogens with zero attached hydrogens (tertiary/aromatic N) is 2. The van der Waals surface area contributed by atoms with Crippen LogP contribution in [0.4, 0.5) is 17.3 Å². The number of rotatable bonds is 5. The summed E-state index contributed by atoms with van der Waals surface area (Å²) < 4.78 is 0. The Morgan fingerprint density at radius 3 is 2.88 bits per heavy atom. The molecule has 1 rings (SSSR count). The Morgan fingerprint density at radius 2 is 2.38 bits per heavy atom. The van der Waals surface area contributed by atoms with Crippen molar-refractivity contribution in [2.75, 3.05) is 17.6 Å². The molecule has 1 unspecified atom stereocenters. The van der Waals surface area contributed by atoms with Crippen molar-refractivity contribution in [3.63, 3.8) is 0 Å². The monoisotopic (exact) mass is 226 g/mol. The molecule has 0 bridgehead atoms. The molecule has 0 aliphatic carbocycles. The van der Waals surface area contributed by atoms with Crippen molar-refractivity contribution in [3.8, 4) is 0 Å². The number of hydrogen-bond acceptors (Lipinski definition) is 6. The molecule has 0 aliphatic rings. The number of aromatic nitrogens is 1. The molecule has 0 saturated carbocycles. The van der Waals surface area contributed by atoms with Gasteiger partial charge in [0.05, 0.1) is 11.0 Å². The minimum absolute atomic E-state index is 0.118. The number of aliphatic hydroxyl groups is 1. The Balaban J connectivity index is 2.63. The minimum Gasteiger partial charge on any atom is -0.393 e. The number of nitrogens with two attached hydrogens (primary N) is 1. The van der Waals surface area contributed by atoms with E-state index in [4.69, 9.17) is 10.8 Å². The summed E-state index contributed by atoms with van der Waals surface area (Å²) in [5.74, 6) is 0.343. The average molecular weight is 226 g/mol. The summed E-state index contributed by atoms with van der Waals surface area (Å²) in [5, 5.41) is 22.4. The zero-order valence-corrected chi connectivity index (χ0v) is 8.88. The molecule has 0 spiro atoms. The molecular formula is C9H14N4O3. The van der Waals surface area contributed by atoms with Crippen LogP contribution < -0.4 is 11.1 Å². The predicted octanol–water partition coefficient (Wildman–Crippen LogP) is 0.755. The van der Waals surface area contributed by atoms with E-state index in [1.54, 1.807) is 6.92 Å². The zero-order valence-electron chi connectivity index (χ0n) is 8.88. The third-order valence-electron chi connectivity index (χ3n) is 1.97. The van der Waals surface area contributed by atoms with Crippen LogP contribution in [0.25, 0.3) is 0 Å². The summed E-state index contributed by atoms with van der Waals surface area (Å²) in [5.41, 5.74) is 5.20. The van der Waals surface area contributed by atoms with Gasteiger partial charge in [-0.25, -0.2) is 4.98 Å². The van der Waals surface area contributed by atoms with Crippen LogP contribution in [0.5, 0.6) is 0 Å². The van der Waals surface area contributed by atoms with Gasteiger partial charge in [-0.05, 0) is 19.4 Å². The predicted molar refractivity (Wildman–Crippen MR) is 60.1 cm³/mol. The molecule has 1 aromatic rings. The van der Waals surface area contributed by atoms with E-state index in [9.17, 15) is 10.1 Å². The Bertz CT molecular complexity index is 381. The highest BCUT2D eigenvalue weighted by atomic mass is 16.6. The topological polar surface area (TPSA) is 114 Å². The van der Waals surface area contributed by atoms with Gasteiger partial charge in [0.1, 0.15) is 5.82 Å². The van der Waals surface area contributed by atoms with Crippen LogP contribution in [0.1, 0.15) is 13.3 Å². The highest BCUT2D eigenvalue weighted by Gasteiger charge is 2.12. The lowest BCUT2D eigenvalue weighted by atomic mass is 10.3. The van der Waals surface area contributed by atoms with Gasteiger partial charge in [0.2, 0.25) is 5.82 Å². The van der Waals surface area contributed by atoms with Gasteiger partial charge in [0.25, 0.3) is 0 Å². The van der Waals surface area contributed by atoms with E-state index in [1.807, 2.05) is 0 Å². The zero-order chi connectivity index (χ0) is 12.1. The molecule has 0 aliphatic heterocycles. The third-order valence-corrected chi connectivity index (χ3v) is 1.97. The van der Waals surface area contributed by atoms with Crippen molar-refractivity contribution in [2.45, 2.75) is 19.4 Å². The first-order valence-electron chi connectivity index (χ1n) is 4.83. The molecule has 16 heavy (non-hydrogen) atoms. The largest absolute Gasteiger partial charge is 0.393 e. The van der Waals surface area contributed by atoms with E-state index in [0.717, 1.165) is 0 Å². The summed E-state index contributed by atoms with van der Waals surface area (Å²) in [6, 6.07) is 2.78. The van der Waals surface area contributed by atoms with Gasteiger partial charge < -0.3 is 16.2 Å². The van der Waals surface area contributed by atoms with Crippen molar-refractivity contribution in [1.82, 2.24) is 4.98 Å². The van der Waals surface area contributed by atoms with E-state index >= 15 is 0 Å². The fraction of sp³-hybridized carbons (Fsp3) is 0.444. The highest BCUT2D eigenvalue weighted by Crippen LogP contribution is 2.20. The number of aliphatic hydroxyl groups excluding tert-OH is 1. The van der Waals surface area contributed by atoms with Gasteiger partial charge >= 0.3 is 5.69 Å². The van der Waals surface area contributed by atoms with E-state index in [0.29, 0.717) is 18.8 Å². The van der Waals surface area contributed by atoms with E-state index in [1.165, 1.54) is 12.1 Å². The molecule has 0 saturated heterocycles. The van der Waals surface area contributed by atoms with Gasteiger partial charge in [-0.15, -0.1) is 0 Å². The quantitative estimate of drug-likeness (QED) is 0.504. The summed E-state index contributed by atoms with van der Waals surface area (Å²) >= 11 is 0. The molecule has 88 valence electrons. The first kappa shape index (κ1) is 12.2. The summed E-state index contributed by atoms with van der Waals surface area (Å²) in [4.78, 5) is 13.7. The van der Waals surface area contributed by atoms with Crippen molar-refractivity contribution < 1.29 is 10.0 Å². The standard InChI is InChI=1S/C9H14N4O3/c1-6(14)4-5-11-8-3-2-7(13(15)16)9(10)12-8/h2-3,6,14H,4-5H2,1H3,(H3,10,11,12). The first-order valence-corrected chi connectivity index (χ1v) is 4.83. The molecule has 0 fully saturated rings. The summed E-state index contributed by atoms with van der Waals surface area (Å²) in [6.07, 6.45) is 0.168. The number of nitrogens with one attached hydrogen (secondary N) is 1. The maximum Gasteiger partial charge on any atom is 0.311 e. The van der Waals surface area contributed by atoms with E-state index in [2.05, 4.69) is 10.3 Å². The van der Waals surface area contributed by atoms with Gasteiger partial charge in [-0.1, -0.05) is 0 Å². The number of nitro groups is 1. The lowest BCUT2D eigenvalue weighted by Crippen LogP contribution is -2.11. The maximum absolute atomic E-state index is 10.5. The molecule has 1 heterocycles. The van der Waals surface area contributed by atoms with Crippen molar-refractivity contribution in [3.05, 3.63) is 22.2 Å². The SMILES string of the molecule is CC(O)CCNc1ccc([N+](=O)[O-])c(N)n1. The van der Waals surface area contributed by atoms with Crippen molar-refractivity contribution in [1.29, 1.82) is 0 Å². The molecule has 0 amide bonds. The Hall–Kier alpha value is -1.89. The van der Waals surface area contributed by atoms with Crippen molar-refractivity contribution in [2.24, 2.45) is 0 Å². The molecule has 0 aromatic carbocycles. The van der Waals surface area contributed by atoms with Crippen LogP contribution in [0.15, 0.2) is 12.1 Å². The lowest BCUT2D eigenvalue weighted by molar-refractivity contribution is -0.384. The second kappa shape index (κ2) is 5.26. The second-order valence-corrected chi connectivity index (χ2v) is 3.42. The van der Waals surface area contributed by atoms with E-state index < -0.39 is 11.0 Å². The number of pyridine rings is 1. The van der Waals surface area contributed by atoms with Crippen LogP contribution >= 0.6 is 0 Å². The van der Waals surface area contributed by atoms with E-state index in [-0.39, 0.29) is 11.5 Å². The molecule has 1 aromatic heterocycles. The fourth-order valence-corrected chi connectivity index (χ4v) is 1.13. The molecule has 7 heteroatoms. The molecule has 1 atom stereocenters. The van der Waals surface area contributed by atoms with Gasteiger partial charge in [0, 0.05) is 12.6 Å². The number of nitrogen functional groups attached to an aromatic ring is 1.